The fraction of sp³-hybridized carbons (Fsp3) is 0.696. The van der Waals surface area contributed by atoms with Gasteiger partial charge in [-0.15, -0.1) is 0 Å². The molecular formula is C23H42O3Si. The van der Waals surface area contributed by atoms with Gasteiger partial charge in [-0.2, -0.15) is 0 Å². The van der Waals surface area contributed by atoms with Gasteiger partial charge in [-0.3, -0.25) is 0 Å². The van der Waals surface area contributed by atoms with E-state index in [0.717, 1.165) is 6.42 Å². The fourth-order valence-electron chi connectivity index (χ4n) is 2.95. The Labute approximate surface area is 169 Å². The molecular weight excluding hydrogens is 352 g/mol. The summed E-state index contributed by atoms with van der Waals surface area (Å²) in [6.45, 7) is 25.7. The van der Waals surface area contributed by atoms with Crippen LogP contribution >= 0.6 is 0 Å². The predicted octanol–water partition coefficient (Wildman–Crippen LogP) is 6.68. The normalized spacial score (nSPS) is 17.3. The highest BCUT2D eigenvalue weighted by Crippen LogP contribution is 2.40. The summed E-state index contributed by atoms with van der Waals surface area (Å²) in [6.07, 6.45) is 6.90. The molecule has 3 nitrogen and oxygen atoms in total. The zero-order valence-corrected chi connectivity index (χ0v) is 20.3. The van der Waals surface area contributed by atoms with Crippen LogP contribution in [-0.2, 0) is 14.0 Å². The summed E-state index contributed by atoms with van der Waals surface area (Å²) in [5.74, 6) is 0.206. The SMILES string of the molecule is C=C/C=C(\C)C[C@H](C)[C@H](O[Si](C)(C)C(C)(C)C)[C@H](C)/C=C(\C)C(=O)OCC. The Kier molecular flexibility index (Phi) is 10.5. The minimum Gasteiger partial charge on any atom is -0.463 e. The van der Waals surface area contributed by atoms with E-state index in [4.69, 9.17) is 9.16 Å². The van der Waals surface area contributed by atoms with E-state index in [0.29, 0.717) is 18.1 Å². The van der Waals surface area contributed by atoms with E-state index in [1.54, 1.807) is 0 Å². The second-order valence-corrected chi connectivity index (χ2v) is 14.0. The Morgan fingerprint density at radius 1 is 1.19 bits per heavy atom. The van der Waals surface area contributed by atoms with Crippen molar-refractivity contribution in [1.29, 1.82) is 0 Å². The van der Waals surface area contributed by atoms with Crippen molar-refractivity contribution in [3.05, 3.63) is 36.0 Å². The lowest BCUT2D eigenvalue weighted by atomic mass is 9.88. The highest BCUT2D eigenvalue weighted by atomic mass is 28.4. The molecule has 27 heavy (non-hydrogen) atoms. The van der Waals surface area contributed by atoms with Crippen molar-refractivity contribution in [2.45, 2.75) is 86.0 Å². The van der Waals surface area contributed by atoms with E-state index in [9.17, 15) is 4.79 Å². The number of allylic oxidation sites excluding steroid dienone is 3. The van der Waals surface area contributed by atoms with Crippen LogP contribution in [0, 0.1) is 11.8 Å². The summed E-state index contributed by atoms with van der Waals surface area (Å²) in [5, 5.41) is 0.136. The molecule has 0 aromatic rings. The van der Waals surface area contributed by atoms with Gasteiger partial charge in [0.05, 0.1) is 12.7 Å². The lowest BCUT2D eigenvalue weighted by Crippen LogP contribution is -2.47. The molecule has 0 aliphatic rings. The maximum absolute atomic E-state index is 12.0. The number of carbonyl (C=O) groups excluding carboxylic acids is 1. The second-order valence-electron chi connectivity index (χ2n) is 9.20. The number of hydrogen-bond donors (Lipinski definition) is 0. The molecule has 0 saturated heterocycles. The summed E-state index contributed by atoms with van der Waals surface area (Å²) in [4.78, 5) is 12.0. The molecule has 0 heterocycles. The summed E-state index contributed by atoms with van der Waals surface area (Å²) in [6, 6.07) is 0. The first-order chi connectivity index (χ1) is 12.3. The van der Waals surface area contributed by atoms with Gasteiger partial charge in [-0.05, 0) is 51.2 Å². The smallest absolute Gasteiger partial charge is 0.333 e. The van der Waals surface area contributed by atoms with Gasteiger partial charge >= 0.3 is 5.97 Å². The first-order valence-electron chi connectivity index (χ1n) is 10.1. The lowest BCUT2D eigenvalue weighted by Gasteiger charge is -2.42. The van der Waals surface area contributed by atoms with Crippen molar-refractivity contribution >= 4 is 14.3 Å². The Morgan fingerprint density at radius 2 is 1.74 bits per heavy atom. The highest BCUT2D eigenvalue weighted by Gasteiger charge is 2.41. The van der Waals surface area contributed by atoms with Gasteiger partial charge in [0.25, 0.3) is 0 Å². The quantitative estimate of drug-likeness (QED) is 0.179. The number of carbonyl (C=O) groups is 1. The summed E-state index contributed by atoms with van der Waals surface area (Å²) < 4.78 is 12.0. The van der Waals surface area contributed by atoms with Crippen LogP contribution in [0.25, 0.3) is 0 Å². The molecule has 0 spiro atoms. The Balaban J connectivity index is 5.69. The molecule has 0 aliphatic heterocycles. The van der Waals surface area contributed by atoms with Gasteiger partial charge in [-0.1, -0.05) is 65.0 Å². The minimum atomic E-state index is -1.94. The third kappa shape index (κ3) is 8.61. The lowest BCUT2D eigenvalue weighted by molar-refractivity contribution is -0.138. The monoisotopic (exact) mass is 394 g/mol. The van der Waals surface area contributed by atoms with E-state index in [2.05, 4.69) is 67.3 Å². The molecule has 4 heteroatoms. The Hall–Kier alpha value is -1.13. The van der Waals surface area contributed by atoms with E-state index in [1.165, 1.54) is 5.57 Å². The third-order valence-electron chi connectivity index (χ3n) is 5.47. The standard InChI is InChI=1S/C23H42O3Si/c1-12-14-17(3)15-18(4)21(26-27(10,11)23(7,8)9)19(5)16-20(6)22(24)25-13-2/h12,14,16,18-19,21H,1,13,15H2,2-11H3/b17-14+,20-16+/t18-,19+,21-/m0/s1. The average molecular weight is 395 g/mol. The molecule has 0 N–H and O–H groups in total. The van der Waals surface area contributed by atoms with E-state index in [-0.39, 0.29) is 23.0 Å². The van der Waals surface area contributed by atoms with Gasteiger partial charge in [0.15, 0.2) is 8.32 Å². The molecule has 0 saturated carbocycles. The molecule has 0 rings (SSSR count). The van der Waals surface area contributed by atoms with Gasteiger partial charge in [0.1, 0.15) is 0 Å². The van der Waals surface area contributed by atoms with Crippen LogP contribution in [0.1, 0.15) is 61.8 Å². The molecule has 0 aromatic heterocycles. The molecule has 0 bridgehead atoms. The van der Waals surface area contributed by atoms with Crippen LogP contribution in [0.2, 0.25) is 18.1 Å². The van der Waals surface area contributed by atoms with Crippen molar-refractivity contribution < 1.29 is 14.0 Å². The first-order valence-corrected chi connectivity index (χ1v) is 13.0. The maximum atomic E-state index is 12.0. The average Bonchev–Trinajstić information content (AvgIpc) is 2.51. The maximum Gasteiger partial charge on any atom is 0.333 e. The molecule has 0 aromatic carbocycles. The topological polar surface area (TPSA) is 35.5 Å². The number of ether oxygens (including phenoxy) is 1. The van der Waals surface area contributed by atoms with Gasteiger partial charge in [0.2, 0.25) is 0 Å². The molecule has 0 aliphatic carbocycles. The minimum absolute atomic E-state index is 0.0448. The molecule has 3 atom stereocenters. The molecule has 0 fully saturated rings. The van der Waals surface area contributed by atoms with Crippen molar-refractivity contribution in [1.82, 2.24) is 0 Å². The van der Waals surface area contributed by atoms with E-state index < -0.39 is 8.32 Å². The van der Waals surface area contributed by atoms with Gasteiger partial charge in [-0.25, -0.2) is 4.79 Å². The predicted molar refractivity (Wildman–Crippen MR) is 119 cm³/mol. The van der Waals surface area contributed by atoms with Crippen molar-refractivity contribution in [3.63, 3.8) is 0 Å². The largest absolute Gasteiger partial charge is 0.463 e. The van der Waals surface area contributed by atoms with Crippen molar-refractivity contribution in [2.75, 3.05) is 6.61 Å². The number of esters is 1. The van der Waals surface area contributed by atoms with Crippen molar-refractivity contribution in [2.24, 2.45) is 11.8 Å². The Morgan fingerprint density at radius 3 is 2.19 bits per heavy atom. The molecule has 156 valence electrons. The van der Waals surface area contributed by atoms with Crippen LogP contribution in [0.15, 0.2) is 36.0 Å². The van der Waals surface area contributed by atoms with E-state index >= 15 is 0 Å². The third-order valence-corrected chi connectivity index (χ3v) is 9.95. The van der Waals surface area contributed by atoms with Crippen molar-refractivity contribution in [3.8, 4) is 0 Å². The highest BCUT2D eigenvalue weighted by molar-refractivity contribution is 6.74. The van der Waals surface area contributed by atoms with Crippen LogP contribution < -0.4 is 0 Å². The summed E-state index contributed by atoms with van der Waals surface area (Å²) in [5.41, 5.74) is 1.94. The first kappa shape index (κ1) is 25.9. The van der Waals surface area contributed by atoms with Crippen LogP contribution in [0.4, 0.5) is 0 Å². The summed E-state index contributed by atoms with van der Waals surface area (Å²) >= 11 is 0. The fourth-order valence-corrected chi connectivity index (χ4v) is 4.43. The molecule has 0 amide bonds. The van der Waals surface area contributed by atoms with Crippen LogP contribution in [0.3, 0.4) is 0 Å². The van der Waals surface area contributed by atoms with Crippen LogP contribution in [0.5, 0.6) is 0 Å². The second kappa shape index (κ2) is 11.0. The Bertz CT molecular complexity index is 552. The van der Waals surface area contributed by atoms with Gasteiger partial charge in [0, 0.05) is 11.5 Å². The number of rotatable bonds is 10. The van der Waals surface area contributed by atoms with Gasteiger partial charge < -0.3 is 9.16 Å². The molecule has 0 radical (unpaired) electrons. The molecule has 0 unspecified atom stereocenters. The zero-order chi connectivity index (χ0) is 21.4. The number of hydrogen-bond acceptors (Lipinski definition) is 3. The zero-order valence-electron chi connectivity index (χ0n) is 19.3. The summed E-state index contributed by atoms with van der Waals surface area (Å²) in [7, 11) is -1.94. The van der Waals surface area contributed by atoms with Crippen LogP contribution in [-0.4, -0.2) is 27.0 Å². The van der Waals surface area contributed by atoms with E-state index in [1.807, 2.05) is 26.0 Å².